The number of nitrogens with one attached hydrogen (secondary N) is 2. The number of anilines is 2. The highest BCUT2D eigenvalue weighted by molar-refractivity contribution is 6.06. The van der Waals surface area contributed by atoms with E-state index < -0.39 is 6.04 Å². The quantitative estimate of drug-likeness (QED) is 0.388. The van der Waals surface area contributed by atoms with Crippen molar-refractivity contribution in [2.24, 2.45) is 0 Å². The maximum absolute atomic E-state index is 13.8. The molecule has 1 aromatic heterocycles. The highest BCUT2D eigenvalue weighted by Crippen LogP contribution is 2.43. The summed E-state index contributed by atoms with van der Waals surface area (Å²) in [5, 5.41) is 6.44. The van der Waals surface area contributed by atoms with Crippen molar-refractivity contribution in [1.82, 2.24) is 9.55 Å². The smallest absolute Gasteiger partial charge is 0.255 e. The molecule has 0 radical (unpaired) electrons. The van der Waals surface area contributed by atoms with Gasteiger partial charge in [-0.05, 0) is 61.4 Å². The molecule has 7 nitrogen and oxygen atoms in total. The van der Waals surface area contributed by atoms with Gasteiger partial charge in [-0.1, -0.05) is 31.2 Å². The van der Waals surface area contributed by atoms with Gasteiger partial charge in [0.05, 0.1) is 36.9 Å². The summed E-state index contributed by atoms with van der Waals surface area (Å²) in [6, 6.07) is 21.0. The standard InChI is InChI=1S/C28H28N4O3/c1-5-18-10-12-19(13-11-18)30-27(33)25-17(2)29-28-31-22-8-6-7-9-23(22)32(28)26(25)21-16-20(34-3)14-15-24(21)35-4/h6-16,26H,5H2,1-4H3,(H,29,31)(H,30,33). The third kappa shape index (κ3) is 3.99. The first-order valence-electron chi connectivity index (χ1n) is 11.6. The van der Waals surface area contributed by atoms with E-state index >= 15 is 0 Å². The number of imidazole rings is 1. The second kappa shape index (κ2) is 9.18. The number of allylic oxidation sites excluding steroid dienone is 1. The topological polar surface area (TPSA) is 77.4 Å². The Labute approximate surface area is 204 Å². The van der Waals surface area contributed by atoms with Crippen molar-refractivity contribution in [3.63, 3.8) is 0 Å². The zero-order valence-corrected chi connectivity index (χ0v) is 20.3. The molecule has 2 N–H and O–H groups in total. The summed E-state index contributed by atoms with van der Waals surface area (Å²) in [7, 11) is 3.26. The summed E-state index contributed by atoms with van der Waals surface area (Å²) >= 11 is 0. The number of carbonyl (C=O) groups is 1. The summed E-state index contributed by atoms with van der Waals surface area (Å²) < 4.78 is 13.3. The van der Waals surface area contributed by atoms with Gasteiger partial charge in [0.25, 0.3) is 5.91 Å². The van der Waals surface area contributed by atoms with Crippen molar-refractivity contribution in [3.8, 4) is 11.5 Å². The van der Waals surface area contributed by atoms with Crippen molar-refractivity contribution in [2.75, 3.05) is 24.9 Å². The van der Waals surface area contributed by atoms with Gasteiger partial charge in [0.15, 0.2) is 0 Å². The summed E-state index contributed by atoms with van der Waals surface area (Å²) in [5.41, 5.74) is 5.82. The number of aryl methyl sites for hydroxylation is 1. The number of carbonyl (C=O) groups excluding carboxylic acids is 1. The molecule has 1 amide bonds. The number of nitrogens with zero attached hydrogens (tertiary/aromatic N) is 2. The van der Waals surface area contributed by atoms with Gasteiger partial charge in [-0.3, -0.25) is 9.36 Å². The van der Waals surface area contributed by atoms with E-state index in [2.05, 4.69) is 22.1 Å². The fourth-order valence-corrected chi connectivity index (χ4v) is 4.63. The lowest BCUT2D eigenvalue weighted by Gasteiger charge is -2.31. The number of fused-ring (bicyclic) bond motifs is 3. The maximum Gasteiger partial charge on any atom is 0.255 e. The summed E-state index contributed by atoms with van der Waals surface area (Å²) in [6.45, 7) is 4.01. The highest BCUT2D eigenvalue weighted by Gasteiger charge is 2.36. The molecule has 0 bridgehead atoms. The van der Waals surface area contributed by atoms with Crippen molar-refractivity contribution < 1.29 is 14.3 Å². The van der Waals surface area contributed by atoms with Gasteiger partial charge in [-0.25, -0.2) is 4.98 Å². The van der Waals surface area contributed by atoms with Crippen LogP contribution in [0.15, 0.2) is 78.0 Å². The first kappa shape index (κ1) is 22.5. The van der Waals surface area contributed by atoms with Gasteiger partial charge in [0, 0.05) is 16.9 Å². The number of rotatable bonds is 6. The molecule has 3 aromatic carbocycles. The van der Waals surface area contributed by atoms with Crippen LogP contribution in [-0.4, -0.2) is 29.7 Å². The minimum absolute atomic E-state index is 0.197. The summed E-state index contributed by atoms with van der Waals surface area (Å²) in [5.74, 6) is 1.81. The van der Waals surface area contributed by atoms with E-state index in [1.54, 1.807) is 14.2 Å². The van der Waals surface area contributed by atoms with Crippen LogP contribution in [0.25, 0.3) is 11.0 Å². The maximum atomic E-state index is 13.8. The molecule has 0 saturated carbocycles. The average Bonchev–Trinajstić information content (AvgIpc) is 3.25. The van der Waals surface area contributed by atoms with Crippen LogP contribution < -0.4 is 20.1 Å². The van der Waals surface area contributed by atoms with Crippen LogP contribution in [0.3, 0.4) is 0 Å². The van der Waals surface area contributed by atoms with E-state index in [9.17, 15) is 4.79 Å². The van der Waals surface area contributed by atoms with Gasteiger partial charge in [-0.2, -0.15) is 0 Å². The molecule has 0 saturated heterocycles. The number of methoxy groups -OCH3 is 2. The van der Waals surface area contributed by atoms with Gasteiger partial charge in [-0.15, -0.1) is 0 Å². The molecule has 2 heterocycles. The van der Waals surface area contributed by atoms with Crippen LogP contribution in [0.1, 0.15) is 31.0 Å². The molecule has 1 aliphatic rings. The molecular weight excluding hydrogens is 440 g/mol. The van der Waals surface area contributed by atoms with E-state index in [1.807, 2.05) is 73.7 Å². The number of amides is 1. The van der Waals surface area contributed by atoms with Crippen LogP contribution in [0, 0.1) is 0 Å². The number of hydrogen-bond acceptors (Lipinski definition) is 5. The van der Waals surface area contributed by atoms with Crippen LogP contribution in [0.4, 0.5) is 11.6 Å². The molecule has 4 aromatic rings. The molecule has 1 atom stereocenters. The minimum Gasteiger partial charge on any atom is -0.497 e. The van der Waals surface area contributed by atoms with E-state index in [1.165, 1.54) is 5.56 Å². The molecule has 5 rings (SSSR count). The van der Waals surface area contributed by atoms with Crippen molar-refractivity contribution in [3.05, 3.63) is 89.1 Å². The predicted molar refractivity (Wildman–Crippen MR) is 138 cm³/mol. The monoisotopic (exact) mass is 468 g/mol. The Morgan fingerprint density at radius 1 is 1.06 bits per heavy atom. The molecule has 0 fully saturated rings. The molecule has 0 aliphatic carbocycles. The number of benzene rings is 3. The molecular formula is C28H28N4O3. The molecule has 1 unspecified atom stereocenters. The zero-order chi connectivity index (χ0) is 24.5. The normalized spacial score (nSPS) is 14.9. The zero-order valence-electron chi connectivity index (χ0n) is 20.3. The Balaban J connectivity index is 1.68. The first-order chi connectivity index (χ1) is 17.0. The third-order valence-electron chi connectivity index (χ3n) is 6.43. The summed E-state index contributed by atoms with van der Waals surface area (Å²) in [4.78, 5) is 18.6. The Bertz CT molecular complexity index is 1440. The van der Waals surface area contributed by atoms with Crippen molar-refractivity contribution in [1.29, 1.82) is 0 Å². The predicted octanol–water partition coefficient (Wildman–Crippen LogP) is 5.54. The second-order valence-electron chi connectivity index (χ2n) is 8.47. The van der Waals surface area contributed by atoms with E-state index in [4.69, 9.17) is 14.5 Å². The van der Waals surface area contributed by atoms with Gasteiger partial charge in [0.2, 0.25) is 5.95 Å². The Morgan fingerprint density at radius 2 is 1.83 bits per heavy atom. The van der Waals surface area contributed by atoms with Gasteiger partial charge < -0.3 is 20.1 Å². The number of hydrogen-bond donors (Lipinski definition) is 2. The lowest BCUT2D eigenvalue weighted by atomic mass is 9.93. The van der Waals surface area contributed by atoms with Crippen molar-refractivity contribution >= 4 is 28.6 Å². The largest absolute Gasteiger partial charge is 0.497 e. The fraction of sp³-hybridized carbons (Fsp3) is 0.214. The van der Waals surface area contributed by atoms with Crippen molar-refractivity contribution in [2.45, 2.75) is 26.3 Å². The van der Waals surface area contributed by atoms with Crippen LogP contribution in [0.2, 0.25) is 0 Å². The lowest BCUT2D eigenvalue weighted by molar-refractivity contribution is -0.113. The Hall–Kier alpha value is -4.26. The minimum atomic E-state index is -0.487. The highest BCUT2D eigenvalue weighted by atomic mass is 16.5. The first-order valence-corrected chi connectivity index (χ1v) is 11.6. The fourth-order valence-electron chi connectivity index (χ4n) is 4.63. The van der Waals surface area contributed by atoms with E-state index in [0.29, 0.717) is 23.0 Å². The average molecular weight is 469 g/mol. The summed E-state index contributed by atoms with van der Waals surface area (Å²) in [6.07, 6.45) is 0.941. The molecule has 1 aliphatic heterocycles. The molecule has 178 valence electrons. The van der Waals surface area contributed by atoms with Crippen LogP contribution in [-0.2, 0) is 11.2 Å². The lowest BCUT2D eigenvalue weighted by Crippen LogP contribution is -2.31. The SMILES string of the molecule is CCc1ccc(NC(=O)C2=C(C)Nc3nc4ccccc4n3C2c2cc(OC)ccc2OC)cc1. The Kier molecular flexibility index (Phi) is 5.91. The number of ether oxygens (including phenoxy) is 2. The van der Waals surface area contributed by atoms with Crippen LogP contribution >= 0.6 is 0 Å². The third-order valence-corrected chi connectivity index (χ3v) is 6.43. The Morgan fingerprint density at radius 3 is 2.54 bits per heavy atom. The molecule has 35 heavy (non-hydrogen) atoms. The van der Waals surface area contributed by atoms with Gasteiger partial charge >= 0.3 is 0 Å². The van der Waals surface area contributed by atoms with E-state index in [0.717, 1.165) is 34.4 Å². The van der Waals surface area contributed by atoms with Gasteiger partial charge in [0.1, 0.15) is 11.5 Å². The molecule has 0 spiro atoms. The van der Waals surface area contributed by atoms with E-state index in [-0.39, 0.29) is 5.91 Å². The number of aromatic nitrogens is 2. The molecule has 7 heteroatoms. The second-order valence-corrected chi connectivity index (χ2v) is 8.47. The van der Waals surface area contributed by atoms with Crippen LogP contribution in [0.5, 0.6) is 11.5 Å². The number of para-hydroxylation sites is 2.